The number of nitrogen functional groups attached to an aromatic ring is 1. The number of aliphatic hydroxyl groups excluding tert-OH is 1. The molecule has 8 heteroatoms. The zero-order valence-electron chi connectivity index (χ0n) is 9.87. The predicted molar refractivity (Wildman–Crippen MR) is 67.3 cm³/mol. The van der Waals surface area contributed by atoms with E-state index >= 15 is 0 Å². The number of aliphatic hydroxyl groups is 1. The molecule has 4 N–H and O–H groups in total. The number of hydrogen-bond donors (Lipinski definition) is 3. The highest BCUT2D eigenvalue weighted by Gasteiger charge is 2.27. The van der Waals surface area contributed by atoms with Gasteiger partial charge in [0.15, 0.2) is 0 Å². The molecule has 0 saturated heterocycles. The standard InChI is InChI=1S/C10H14ClFN2O3S/c1-10(2,5-15)14-18(16,17)9-4-8(13)7(12)3-6(9)11/h3-4,14-15H,5,13H2,1-2H3. The SMILES string of the molecule is CC(C)(CO)NS(=O)(=O)c1cc(N)c(F)cc1Cl. The zero-order valence-corrected chi connectivity index (χ0v) is 11.4. The van der Waals surface area contributed by atoms with Crippen LogP contribution < -0.4 is 10.5 Å². The second-order valence-corrected chi connectivity index (χ2v) is 6.51. The molecule has 0 aliphatic heterocycles. The monoisotopic (exact) mass is 296 g/mol. The van der Waals surface area contributed by atoms with Crippen LogP contribution in [0.5, 0.6) is 0 Å². The van der Waals surface area contributed by atoms with E-state index in [0.717, 1.165) is 12.1 Å². The summed E-state index contributed by atoms with van der Waals surface area (Å²) >= 11 is 5.68. The summed E-state index contributed by atoms with van der Waals surface area (Å²) < 4.78 is 39.3. The van der Waals surface area contributed by atoms with Gasteiger partial charge in [0.1, 0.15) is 10.7 Å². The molecule has 1 rings (SSSR count). The lowest BCUT2D eigenvalue weighted by atomic mass is 10.1. The highest BCUT2D eigenvalue weighted by Crippen LogP contribution is 2.27. The van der Waals surface area contributed by atoms with Gasteiger partial charge >= 0.3 is 0 Å². The van der Waals surface area contributed by atoms with Crippen LogP contribution in [-0.2, 0) is 10.0 Å². The molecule has 0 bridgehead atoms. The van der Waals surface area contributed by atoms with Crippen molar-refractivity contribution in [2.24, 2.45) is 0 Å². The van der Waals surface area contributed by atoms with Crippen molar-refractivity contribution in [2.45, 2.75) is 24.3 Å². The van der Waals surface area contributed by atoms with Gasteiger partial charge in [0, 0.05) is 0 Å². The molecule has 0 unspecified atom stereocenters. The second-order valence-electron chi connectivity index (χ2n) is 4.45. The van der Waals surface area contributed by atoms with Gasteiger partial charge in [-0.2, -0.15) is 0 Å². The first kappa shape index (κ1) is 15.2. The first-order valence-corrected chi connectivity index (χ1v) is 6.84. The Morgan fingerprint density at radius 1 is 1.50 bits per heavy atom. The Labute approximate surface area is 110 Å². The number of nitrogens with two attached hydrogens (primary N) is 1. The topological polar surface area (TPSA) is 92.4 Å². The van der Waals surface area contributed by atoms with Crippen molar-refractivity contribution in [3.8, 4) is 0 Å². The number of halogens is 2. The molecule has 0 fully saturated rings. The van der Waals surface area contributed by atoms with Gasteiger partial charge in [0.05, 0.1) is 22.9 Å². The minimum Gasteiger partial charge on any atom is -0.396 e. The largest absolute Gasteiger partial charge is 0.396 e. The Morgan fingerprint density at radius 2 is 2.06 bits per heavy atom. The molecule has 1 aromatic carbocycles. The third-order valence-electron chi connectivity index (χ3n) is 2.15. The summed E-state index contributed by atoms with van der Waals surface area (Å²) in [7, 11) is -3.99. The minimum atomic E-state index is -3.99. The zero-order chi connectivity index (χ0) is 14.1. The third kappa shape index (κ3) is 3.32. The smallest absolute Gasteiger partial charge is 0.242 e. The van der Waals surface area contributed by atoms with E-state index in [0.29, 0.717) is 0 Å². The van der Waals surface area contributed by atoms with E-state index < -0.39 is 28.0 Å². The summed E-state index contributed by atoms with van der Waals surface area (Å²) in [6.45, 7) is 2.58. The highest BCUT2D eigenvalue weighted by molar-refractivity contribution is 7.89. The fourth-order valence-corrected chi connectivity index (χ4v) is 3.16. The number of benzene rings is 1. The van der Waals surface area contributed by atoms with Crippen molar-refractivity contribution < 1.29 is 17.9 Å². The average Bonchev–Trinajstić information content (AvgIpc) is 2.21. The highest BCUT2D eigenvalue weighted by atomic mass is 35.5. The summed E-state index contributed by atoms with van der Waals surface area (Å²) in [5.74, 6) is -0.791. The fourth-order valence-electron chi connectivity index (χ4n) is 1.20. The van der Waals surface area contributed by atoms with E-state index in [1.165, 1.54) is 13.8 Å². The Morgan fingerprint density at radius 3 is 2.56 bits per heavy atom. The van der Waals surface area contributed by atoms with Gasteiger partial charge in [0.25, 0.3) is 0 Å². The van der Waals surface area contributed by atoms with Crippen LogP contribution in [0.25, 0.3) is 0 Å². The Kier molecular flexibility index (Phi) is 4.22. The minimum absolute atomic E-state index is 0.275. The maximum atomic E-state index is 13.1. The van der Waals surface area contributed by atoms with Gasteiger partial charge in [-0.15, -0.1) is 0 Å². The van der Waals surface area contributed by atoms with Gasteiger partial charge < -0.3 is 10.8 Å². The lowest BCUT2D eigenvalue weighted by Crippen LogP contribution is -2.46. The van der Waals surface area contributed by atoms with Crippen LogP contribution in [0.1, 0.15) is 13.8 Å². The van der Waals surface area contributed by atoms with Crippen LogP contribution >= 0.6 is 11.6 Å². The lowest BCUT2D eigenvalue weighted by molar-refractivity contribution is 0.208. The molecule has 0 atom stereocenters. The molecule has 18 heavy (non-hydrogen) atoms. The molecule has 0 radical (unpaired) electrons. The van der Waals surface area contributed by atoms with Crippen LogP contribution in [0.15, 0.2) is 17.0 Å². The second kappa shape index (κ2) is 5.00. The van der Waals surface area contributed by atoms with Crippen molar-refractivity contribution in [3.05, 3.63) is 23.0 Å². The molecular weight excluding hydrogens is 283 g/mol. The number of hydrogen-bond acceptors (Lipinski definition) is 4. The van der Waals surface area contributed by atoms with E-state index in [1.54, 1.807) is 0 Å². The summed E-state index contributed by atoms with van der Waals surface area (Å²) in [6.07, 6.45) is 0. The quantitative estimate of drug-likeness (QED) is 0.726. The molecule has 102 valence electrons. The number of anilines is 1. The Hall–Kier alpha value is -0.890. The first-order valence-electron chi connectivity index (χ1n) is 4.98. The van der Waals surface area contributed by atoms with Crippen molar-refractivity contribution in [2.75, 3.05) is 12.3 Å². The van der Waals surface area contributed by atoms with E-state index in [-0.39, 0.29) is 15.6 Å². The Balaban J connectivity index is 3.26. The first-order chi connectivity index (χ1) is 8.09. The van der Waals surface area contributed by atoms with Crippen molar-refractivity contribution in [1.82, 2.24) is 4.72 Å². The van der Waals surface area contributed by atoms with Gasteiger partial charge in [0.2, 0.25) is 10.0 Å². The van der Waals surface area contributed by atoms with Crippen molar-refractivity contribution >= 4 is 27.3 Å². The number of rotatable bonds is 4. The fraction of sp³-hybridized carbons (Fsp3) is 0.400. The number of nitrogens with one attached hydrogen (secondary N) is 1. The molecule has 0 saturated carbocycles. The molecule has 0 aliphatic rings. The normalized spacial score (nSPS) is 12.7. The van der Waals surface area contributed by atoms with E-state index in [4.69, 9.17) is 22.4 Å². The van der Waals surface area contributed by atoms with Gasteiger partial charge in [-0.05, 0) is 26.0 Å². The van der Waals surface area contributed by atoms with Crippen LogP contribution in [0.2, 0.25) is 5.02 Å². The van der Waals surface area contributed by atoms with Crippen LogP contribution in [-0.4, -0.2) is 25.7 Å². The van der Waals surface area contributed by atoms with Crippen molar-refractivity contribution in [3.63, 3.8) is 0 Å². The third-order valence-corrected chi connectivity index (χ3v) is 4.31. The van der Waals surface area contributed by atoms with Gasteiger partial charge in [-0.3, -0.25) is 0 Å². The maximum absolute atomic E-state index is 13.1. The summed E-state index contributed by atoms with van der Waals surface area (Å²) in [4.78, 5) is -0.329. The molecule has 0 heterocycles. The Bertz CT molecular complexity index is 560. The predicted octanol–water partition coefficient (Wildman–Crippen LogP) is 1.11. The molecular formula is C10H14ClFN2O3S. The molecule has 5 nitrogen and oxygen atoms in total. The molecule has 1 aromatic rings. The van der Waals surface area contributed by atoms with Crippen LogP contribution in [0, 0.1) is 5.82 Å². The molecule has 0 aromatic heterocycles. The van der Waals surface area contributed by atoms with Gasteiger partial charge in [-0.1, -0.05) is 11.6 Å². The van der Waals surface area contributed by atoms with E-state index in [2.05, 4.69) is 4.72 Å². The van der Waals surface area contributed by atoms with Crippen LogP contribution in [0.3, 0.4) is 0 Å². The summed E-state index contributed by atoms with van der Waals surface area (Å²) in [6, 6.07) is 1.77. The lowest BCUT2D eigenvalue weighted by Gasteiger charge is -2.23. The average molecular weight is 297 g/mol. The van der Waals surface area contributed by atoms with Crippen LogP contribution in [0.4, 0.5) is 10.1 Å². The maximum Gasteiger partial charge on any atom is 0.242 e. The number of sulfonamides is 1. The van der Waals surface area contributed by atoms with E-state index in [1.807, 2.05) is 0 Å². The van der Waals surface area contributed by atoms with E-state index in [9.17, 15) is 12.8 Å². The summed E-state index contributed by atoms with van der Waals surface area (Å²) in [5, 5.41) is 8.75. The van der Waals surface area contributed by atoms with Crippen molar-refractivity contribution in [1.29, 1.82) is 0 Å². The molecule has 0 amide bonds. The van der Waals surface area contributed by atoms with Gasteiger partial charge in [-0.25, -0.2) is 17.5 Å². The molecule has 0 aliphatic carbocycles. The molecule has 0 spiro atoms. The summed E-state index contributed by atoms with van der Waals surface area (Å²) in [5.41, 5.74) is 3.93.